The van der Waals surface area contributed by atoms with E-state index in [2.05, 4.69) is 9.72 Å². The predicted octanol–water partition coefficient (Wildman–Crippen LogP) is 1.34. The second-order valence-corrected chi connectivity index (χ2v) is 2.83. The lowest BCUT2D eigenvalue weighted by Gasteiger charge is -1.90. The second-order valence-electron chi connectivity index (χ2n) is 2.83. The van der Waals surface area contributed by atoms with E-state index >= 15 is 0 Å². The molecule has 0 bridgehead atoms. The summed E-state index contributed by atoms with van der Waals surface area (Å²) in [6.07, 6.45) is 3.87. The van der Waals surface area contributed by atoms with Crippen LogP contribution in [0.15, 0.2) is 10.6 Å². The van der Waals surface area contributed by atoms with Crippen LogP contribution in [0.3, 0.4) is 0 Å². The quantitative estimate of drug-likeness (QED) is 0.623. The molecule has 0 spiro atoms. The number of ether oxygens (including phenoxy) is 1. The van der Waals surface area contributed by atoms with Gasteiger partial charge in [0.25, 0.3) is 0 Å². The van der Waals surface area contributed by atoms with Crippen molar-refractivity contribution in [2.45, 2.75) is 18.8 Å². The molecule has 0 aliphatic heterocycles. The van der Waals surface area contributed by atoms with Crippen LogP contribution in [-0.4, -0.2) is 18.1 Å². The Bertz CT molecular complexity index is 301. The number of aromatic nitrogens is 1. The van der Waals surface area contributed by atoms with Crippen molar-refractivity contribution in [3.8, 4) is 0 Å². The lowest BCUT2D eigenvalue weighted by atomic mass is 10.3. The number of hydrogen-bond acceptors (Lipinski definition) is 4. The molecule has 0 aromatic carbocycles. The minimum Gasteiger partial charge on any atom is -0.462 e. The maximum Gasteiger partial charge on any atom is 0.394 e. The summed E-state index contributed by atoms with van der Waals surface area (Å²) in [5.74, 6) is 0.826. The van der Waals surface area contributed by atoms with Gasteiger partial charge in [-0.05, 0) is 12.8 Å². The van der Waals surface area contributed by atoms with Gasteiger partial charge in [0.2, 0.25) is 0 Å². The van der Waals surface area contributed by atoms with Crippen molar-refractivity contribution >= 4 is 5.97 Å². The fourth-order valence-corrected chi connectivity index (χ4v) is 1.02. The molecule has 4 heteroatoms. The van der Waals surface area contributed by atoms with Crippen LogP contribution in [0.25, 0.3) is 0 Å². The topological polar surface area (TPSA) is 52.3 Å². The molecule has 0 radical (unpaired) electrons. The fourth-order valence-electron chi connectivity index (χ4n) is 1.02. The third kappa shape index (κ3) is 1.20. The van der Waals surface area contributed by atoms with Gasteiger partial charge in [0, 0.05) is 5.92 Å². The maximum absolute atomic E-state index is 10.9. The van der Waals surface area contributed by atoms with Gasteiger partial charge in [-0.1, -0.05) is 0 Å². The Morgan fingerprint density at radius 2 is 2.50 bits per heavy atom. The molecule has 0 atom stereocenters. The van der Waals surface area contributed by atoms with Gasteiger partial charge in [0.15, 0.2) is 0 Å². The first-order valence-electron chi connectivity index (χ1n) is 3.85. The minimum absolute atomic E-state index is 0.0550. The molecule has 1 heterocycles. The van der Waals surface area contributed by atoms with E-state index in [0.29, 0.717) is 5.92 Å². The first kappa shape index (κ1) is 7.34. The summed E-state index contributed by atoms with van der Waals surface area (Å²) in [5, 5.41) is 0. The molecule has 64 valence electrons. The summed E-state index contributed by atoms with van der Waals surface area (Å²) < 4.78 is 9.63. The van der Waals surface area contributed by atoms with E-state index < -0.39 is 5.97 Å². The summed E-state index contributed by atoms with van der Waals surface area (Å²) in [6.45, 7) is 0. The van der Waals surface area contributed by atoms with E-state index in [0.717, 1.165) is 18.6 Å². The largest absolute Gasteiger partial charge is 0.462 e. The number of methoxy groups -OCH3 is 1. The van der Waals surface area contributed by atoms with E-state index in [1.807, 2.05) is 0 Å². The molecule has 0 unspecified atom stereocenters. The van der Waals surface area contributed by atoms with Gasteiger partial charge >= 0.3 is 11.9 Å². The molecule has 1 fully saturated rings. The molecule has 1 aromatic rings. The molecule has 1 aliphatic rings. The summed E-state index contributed by atoms with van der Waals surface area (Å²) in [7, 11) is 1.31. The Balaban J connectivity index is 2.17. The highest BCUT2D eigenvalue weighted by Crippen LogP contribution is 2.40. The summed E-state index contributed by atoms with van der Waals surface area (Å²) in [4.78, 5) is 14.7. The maximum atomic E-state index is 10.9. The van der Waals surface area contributed by atoms with Crippen LogP contribution in [0.2, 0.25) is 0 Å². The van der Waals surface area contributed by atoms with Gasteiger partial charge in [0.1, 0.15) is 5.76 Å². The Labute approximate surface area is 69.5 Å². The van der Waals surface area contributed by atoms with Crippen molar-refractivity contribution in [1.29, 1.82) is 0 Å². The molecule has 4 nitrogen and oxygen atoms in total. The van der Waals surface area contributed by atoms with Crippen LogP contribution < -0.4 is 0 Å². The van der Waals surface area contributed by atoms with Crippen LogP contribution in [-0.2, 0) is 4.74 Å². The Kier molecular flexibility index (Phi) is 1.60. The molecular formula is C8H9NO3. The zero-order valence-electron chi connectivity index (χ0n) is 6.74. The van der Waals surface area contributed by atoms with E-state index in [1.165, 1.54) is 7.11 Å². The molecule has 1 aromatic heterocycles. The monoisotopic (exact) mass is 167 g/mol. The highest BCUT2D eigenvalue weighted by molar-refractivity contribution is 5.83. The number of nitrogens with zero attached hydrogens (tertiary/aromatic N) is 1. The van der Waals surface area contributed by atoms with Crippen LogP contribution in [0.5, 0.6) is 0 Å². The molecule has 12 heavy (non-hydrogen) atoms. The molecule has 0 N–H and O–H groups in total. The van der Waals surface area contributed by atoms with Crippen molar-refractivity contribution in [3.63, 3.8) is 0 Å². The van der Waals surface area contributed by atoms with E-state index in [4.69, 9.17) is 4.42 Å². The van der Waals surface area contributed by atoms with Crippen molar-refractivity contribution in [3.05, 3.63) is 17.8 Å². The molecule has 2 rings (SSSR count). The number of rotatable bonds is 2. The lowest BCUT2D eigenvalue weighted by Crippen LogP contribution is -2.00. The Morgan fingerprint density at radius 1 is 1.75 bits per heavy atom. The van der Waals surface area contributed by atoms with Gasteiger partial charge in [-0.2, -0.15) is 0 Å². The van der Waals surface area contributed by atoms with Crippen molar-refractivity contribution in [2.24, 2.45) is 0 Å². The SMILES string of the molecule is COC(=O)c1ncc(C2CC2)o1. The number of esters is 1. The number of carbonyl (C=O) groups excluding carboxylic acids is 1. The van der Waals surface area contributed by atoms with Gasteiger partial charge in [-0.15, -0.1) is 0 Å². The minimum atomic E-state index is -0.512. The highest BCUT2D eigenvalue weighted by atomic mass is 16.5. The smallest absolute Gasteiger partial charge is 0.394 e. The van der Waals surface area contributed by atoms with E-state index in [-0.39, 0.29) is 5.89 Å². The zero-order chi connectivity index (χ0) is 8.55. The summed E-state index contributed by atoms with van der Waals surface area (Å²) >= 11 is 0. The number of carbonyl (C=O) groups is 1. The molecule has 0 amide bonds. The average Bonchev–Trinajstić information content (AvgIpc) is 2.83. The van der Waals surface area contributed by atoms with Crippen LogP contribution in [0.1, 0.15) is 35.2 Å². The third-order valence-electron chi connectivity index (χ3n) is 1.86. The van der Waals surface area contributed by atoms with Crippen LogP contribution >= 0.6 is 0 Å². The van der Waals surface area contributed by atoms with Crippen LogP contribution in [0, 0.1) is 0 Å². The van der Waals surface area contributed by atoms with Crippen molar-refractivity contribution in [2.75, 3.05) is 7.11 Å². The summed E-state index contributed by atoms with van der Waals surface area (Å²) in [6, 6.07) is 0. The second kappa shape index (κ2) is 2.62. The average molecular weight is 167 g/mol. The van der Waals surface area contributed by atoms with Gasteiger partial charge in [-0.3, -0.25) is 0 Å². The molecular weight excluding hydrogens is 158 g/mol. The molecule has 1 saturated carbocycles. The highest BCUT2D eigenvalue weighted by Gasteiger charge is 2.28. The lowest BCUT2D eigenvalue weighted by molar-refractivity contribution is 0.0554. The Hall–Kier alpha value is -1.32. The number of oxazole rings is 1. The van der Waals surface area contributed by atoms with Gasteiger partial charge < -0.3 is 9.15 Å². The Morgan fingerprint density at radius 3 is 3.08 bits per heavy atom. The standard InChI is InChI=1S/C8H9NO3/c1-11-8(10)7-9-4-6(12-7)5-2-3-5/h4-5H,2-3H2,1H3. The fraction of sp³-hybridized carbons (Fsp3) is 0.500. The van der Waals surface area contributed by atoms with Gasteiger partial charge in [-0.25, -0.2) is 9.78 Å². The van der Waals surface area contributed by atoms with Crippen LogP contribution in [0.4, 0.5) is 0 Å². The normalized spacial score (nSPS) is 16.1. The van der Waals surface area contributed by atoms with Gasteiger partial charge in [0.05, 0.1) is 13.3 Å². The zero-order valence-corrected chi connectivity index (χ0v) is 6.74. The number of hydrogen-bond donors (Lipinski definition) is 0. The predicted molar refractivity (Wildman–Crippen MR) is 39.8 cm³/mol. The molecule has 0 saturated heterocycles. The first-order valence-corrected chi connectivity index (χ1v) is 3.85. The summed E-state index contributed by atoms with van der Waals surface area (Å²) in [5.41, 5.74) is 0. The van der Waals surface area contributed by atoms with E-state index in [1.54, 1.807) is 6.20 Å². The molecule has 1 aliphatic carbocycles. The van der Waals surface area contributed by atoms with Crippen molar-refractivity contribution < 1.29 is 13.9 Å². The third-order valence-corrected chi connectivity index (χ3v) is 1.86. The first-order chi connectivity index (χ1) is 5.81. The van der Waals surface area contributed by atoms with E-state index in [9.17, 15) is 4.79 Å². The van der Waals surface area contributed by atoms with Crippen molar-refractivity contribution in [1.82, 2.24) is 4.98 Å².